The Morgan fingerprint density at radius 3 is 2.83 bits per heavy atom. The molecule has 1 saturated heterocycles. The highest BCUT2D eigenvalue weighted by Crippen LogP contribution is 2.27. The van der Waals surface area contributed by atoms with Crippen LogP contribution in [-0.4, -0.2) is 18.8 Å². The molecule has 1 unspecified atom stereocenters. The number of rotatable bonds is 5. The highest BCUT2D eigenvalue weighted by molar-refractivity contribution is 9.10. The second-order valence-corrected chi connectivity index (χ2v) is 6.32. The molecule has 0 radical (unpaired) electrons. The number of carbonyl (C=O) groups excluding carboxylic acids is 1. The van der Waals surface area contributed by atoms with Crippen LogP contribution < -0.4 is 10.2 Å². The Morgan fingerprint density at radius 2 is 2.04 bits per heavy atom. The van der Waals surface area contributed by atoms with Crippen molar-refractivity contribution >= 4 is 21.8 Å². The molecular formula is C18H18BrNO4. The summed E-state index contributed by atoms with van der Waals surface area (Å²) in [5, 5.41) is 0. The van der Waals surface area contributed by atoms with Crippen LogP contribution in [0.15, 0.2) is 53.0 Å². The number of amides is 1. The SMILES string of the molecule is O=C(NOC1CCCCO1)c1ccccc1Oc1cccc(Br)c1. The lowest BCUT2D eigenvalue weighted by atomic mass is 10.2. The first-order valence-corrected chi connectivity index (χ1v) is 8.62. The van der Waals surface area contributed by atoms with Crippen LogP contribution in [0.25, 0.3) is 0 Å². The Labute approximate surface area is 149 Å². The first-order chi connectivity index (χ1) is 11.7. The Morgan fingerprint density at radius 1 is 1.17 bits per heavy atom. The maximum Gasteiger partial charge on any atom is 0.278 e. The van der Waals surface area contributed by atoms with Gasteiger partial charge in [0, 0.05) is 17.5 Å². The third kappa shape index (κ3) is 4.56. The number of benzene rings is 2. The summed E-state index contributed by atoms with van der Waals surface area (Å²) in [4.78, 5) is 17.7. The zero-order valence-corrected chi connectivity index (χ0v) is 14.6. The van der Waals surface area contributed by atoms with E-state index in [1.807, 2.05) is 30.3 Å². The minimum atomic E-state index is -0.388. The third-order valence-corrected chi connectivity index (χ3v) is 4.07. The van der Waals surface area contributed by atoms with Gasteiger partial charge < -0.3 is 9.47 Å². The average Bonchev–Trinajstić information content (AvgIpc) is 2.61. The summed E-state index contributed by atoms with van der Waals surface area (Å²) in [5.74, 6) is 0.734. The first kappa shape index (κ1) is 17.0. The Bertz CT molecular complexity index is 701. The van der Waals surface area contributed by atoms with Gasteiger partial charge in [-0.2, -0.15) is 0 Å². The van der Waals surface area contributed by atoms with Crippen molar-refractivity contribution in [3.05, 3.63) is 58.6 Å². The van der Waals surface area contributed by atoms with Gasteiger partial charge in [0.2, 0.25) is 0 Å². The number of carbonyl (C=O) groups is 1. The van der Waals surface area contributed by atoms with Gasteiger partial charge in [0.1, 0.15) is 11.5 Å². The third-order valence-electron chi connectivity index (χ3n) is 3.58. The van der Waals surface area contributed by atoms with Crippen LogP contribution in [-0.2, 0) is 9.57 Å². The van der Waals surface area contributed by atoms with Crippen LogP contribution in [0.2, 0.25) is 0 Å². The fraction of sp³-hybridized carbons (Fsp3) is 0.278. The quantitative estimate of drug-likeness (QED) is 0.765. The molecule has 2 aromatic carbocycles. The monoisotopic (exact) mass is 391 g/mol. The number of ether oxygens (including phenoxy) is 2. The molecule has 1 aliphatic heterocycles. The summed E-state index contributed by atoms with van der Waals surface area (Å²) in [7, 11) is 0. The molecular weight excluding hydrogens is 374 g/mol. The molecule has 1 heterocycles. The van der Waals surface area contributed by atoms with E-state index in [-0.39, 0.29) is 12.2 Å². The summed E-state index contributed by atoms with van der Waals surface area (Å²) < 4.78 is 12.2. The molecule has 0 aliphatic carbocycles. The summed E-state index contributed by atoms with van der Waals surface area (Å²) in [6.07, 6.45) is 2.44. The van der Waals surface area contributed by atoms with Crippen LogP contribution >= 0.6 is 15.9 Å². The largest absolute Gasteiger partial charge is 0.456 e. The van der Waals surface area contributed by atoms with Gasteiger partial charge in [-0.1, -0.05) is 34.1 Å². The molecule has 1 fully saturated rings. The van der Waals surface area contributed by atoms with Crippen molar-refractivity contribution in [2.45, 2.75) is 25.6 Å². The summed E-state index contributed by atoms with van der Waals surface area (Å²) >= 11 is 3.40. The van der Waals surface area contributed by atoms with Crippen LogP contribution in [0.1, 0.15) is 29.6 Å². The maximum atomic E-state index is 12.4. The minimum Gasteiger partial charge on any atom is -0.456 e. The molecule has 0 bridgehead atoms. The van der Waals surface area contributed by atoms with Gasteiger partial charge in [-0.15, -0.1) is 0 Å². The molecule has 126 valence electrons. The number of halogens is 1. The van der Waals surface area contributed by atoms with Crippen molar-refractivity contribution in [2.24, 2.45) is 0 Å². The predicted octanol–water partition coefficient (Wildman–Crippen LogP) is 4.43. The Hall–Kier alpha value is -1.89. The lowest BCUT2D eigenvalue weighted by molar-refractivity contribution is -0.186. The fourth-order valence-corrected chi connectivity index (χ4v) is 2.76. The van der Waals surface area contributed by atoms with Crippen molar-refractivity contribution in [1.82, 2.24) is 5.48 Å². The van der Waals surface area contributed by atoms with Crippen LogP contribution in [0.4, 0.5) is 0 Å². The van der Waals surface area contributed by atoms with E-state index in [0.717, 1.165) is 23.7 Å². The number of para-hydroxylation sites is 1. The second kappa shape index (κ2) is 8.28. The minimum absolute atomic E-state index is 0.366. The number of hydrogen-bond donors (Lipinski definition) is 1. The topological polar surface area (TPSA) is 56.8 Å². The van der Waals surface area contributed by atoms with Gasteiger partial charge >= 0.3 is 0 Å². The van der Waals surface area contributed by atoms with E-state index in [1.54, 1.807) is 18.2 Å². The molecule has 1 atom stereocenters. The molecule has 0 saturated carbocycles. The van der Waals surface area contributed by atoms with Crippen molar-refractivity contribution < 1.29 is 19.1 Å². The fourth-order valence-electron chi connectivity index (χ4n) is 2.38. The van der Waals surface area contributed by atoms with Gasteiger partial charge in [0.25, 0.3) is 5.91 Å². The summed E-state index contributed by atoms with van der Waals surface area (Å²) in [5.41, 5.74) is 2.85. The molecule has 5 nitrogen and oxygen atoms in total. The maximum absolute atomic E-state index is 12.4. The molecule has 0 aromatic heterocycles. The normalized spacial score (nSPS) is 17.3. The molecule has 1 aliphatic rings. The van der Waals surface area contributed by atoms with Crippen LogP contribution in [0.5, 0.6) is 11.5 Å². The Kier molecular flexibility index (Phi) is 5.85. The zero-order chi connectivity index (χ0) is 16.8. The standard InChI is InChI=1S/C18H18BrNO4/c19-13-6-5-7-14(12-13)23-16-9-2-1-8-15(16)18(21)20-24-17-10-3-4-11-22-17/h1-2,5-9,12,17H,3-4,10-11H2,(H,20,21). The van der Waals surface area contributed by atoms with Gasteiger partial charge in [-0.25, -0.2) is 10.3 Å². The van der Waals surface area contributed by atoms with Crippen molar-refractivity contribution in [3.8, 4) is 11.5 Å². The van der Waals surface area contributed by atoms with Gasteiger partial charge in [-0.3, -0.25) is 4.79 Å². The lowest BCUT2D eigenvalue weighted by Gasteiger charge is -2.22. The van der Waals surface area contributed by atoms with E-state index < -0.39 is 0 Å². The van der Waals surface area contributed by atoms with Crippen LogP contribution in [0, 0.1) is 0 Å². The number of hydrogen-bond acceptors (Lipinski definition) is 4. The lowest BCUT2D eigenvalue weighted by Crippen LogP contribution is -2.33. The predicted molar refractivity (Wildman–Crippen MR) is 92.8 cm³/mol. The Balaban J connectivity index is 1.67. The van der Waals surface area contributed by atoms with E-state index in [4.69, 9.17) is 14.3 Å². The van der Waals surface area contributed by atoms with E-state index >= 15 is 0 Å². The molecule has 2 aromatic rings. The molecule has 1 amide bonds. The zero-order valence-electron chi connectivity index (χ0n) is 13.0. The molecule has 3 rings (SSSR count). The second-order valence-electron chi connectivity index (χ2n) is 5.40. The van der Waals surface area contributed by atoms with Gasteiger partial charge in [0.15, 0.2) is 6.29 Å². The number of nitrogens with one attached hydrogen (secondary N) is 1. The molecule has 1 N–H and O–H groups in total. The molecule has 6 heteroatoms. The van der Waals surface area contributed by atoms with Gasteiger partial charge in [0.05, 0.1) is 5.56 Å². The average molecular weight is 392 g/mol. The highest BCUT2D eigenvalue weighted by atomic mass is 79.9. The highest BCUT2D eigenvalue weighted by Gasteiger charge is 2.18. The summed E-state index contributed by atoms with van der Waals surface area (Å²) in [6, 6.07) is 14.5. The van der Waals surface area contributed by atoms with Crippen LogP contribution in [0.3, 0.4) is 0 Å². The van der Waals surface area contributed by atoms with Gasteiger partial charge in [-0.05, 0) is 43.2 Å². The van der Waals surface area contributed by atoms with E-state index in [1.165, 1.54) is 0 Å². The summed E-state index contributed by atoms with van der Waals surface area (Å²) in [6.45, 7) is 0.656. The molecule has 0 spiro atoms. The first-order valence-electron chi connectivity index (χ1n) is 7.82. The van der Waals surface area contributed by atoms with E-state index in [9.17, 15) is 4.79 Å². The molecule has 24 heavy (non-hydrogen) atoms. The number of hydroxylamine groups is 1. The van der Waals surface area contributed by atoms with Crippen molar-refractivity contribution in [1.29, 1.82) is 0 Å². The van der Waals surface area contributed by atoms with Crippen molar-refractivity contribution in [2.75, 3.05) is 6.61 Å². The van der Waals surface area contributed by atoms with E-state index in [2.05, 4.69) is 21.4 Å². The van der Waals surface area contributed by atoms with Crippen molar-refractivity contribution in [3.63, 3.8) is 0 Å². The van der Waals surface area contributed by atoms with E-state index in [0.29, 0.717) is 23.7 Å². The smallest absolute Gasteiger partial charge is 0.278 e.